The third-order valence-corrected chi connectivity index (χ3v) is 8.14. The Morgan fingerprint density at radius 1 is 1.19 bits per heavy atom. The highest BCUT2D eigenvalue weighted by Gasteiger charge is 2.30. The molecule has 0 saturated carbocycles. The number of benzene rings is 2. The maximum absolute atomic E-state index is 12.9. The van der Waals surface area contributed by atoms with Crippen LogP contribution >= 0.6 is 11.9 Å². The second kappa shape index (κ2) is 10.8. The Morgan fingerprint density at radius 2 is 1.91 bits per heavy atom. The van der Waals surface area contributed by atoms with Crippen LogP contribution in [0.4, 0.5) is 11.4 Å². The van der Waals surface area contributed by atoms with Crippen LogP contribution in [0.25, 0.3) is 0 Å². The van der Waals surface area contributed by atoms with Crippen molar-refractivity contribution in [3.05, 3.63) is 59.2 Å². The third-order valence-electron chi connectivity index (χ3n) is 5.46. The van der Waals surface area contributed by atoms with Gasteiger partial charge in [0, 0.05) is 30.3 Å². The SMILES string of the molecule is CCCCC(=O)c1cc2c(c(N(SC(C)C)S(C)(=O)=O)c1)N(Cc1ccccc1)CCC2. The summed E-state index contributed by atoms with van der Waals surface area (Å²) in [6, 6.07) is 14.0. The number of rotatable bonds is 10. The van der Waals surface area contributed by atoms with Crippen molar-refractivity contribution in [2.45, 2.75) is 64.7 Å². The van der Waals surface area contributed by atoms with Crippen molar-refractivity contribution < 1.29 is 13.2 Å². The van der Waals surface area contributed by atoms with Gasteiger partial charge in [-0.1, -0.05) is 57.5 Å². The van der Waals surface area contributed by atoms with Crippen LogP contribution in [0.15, 0.2) is 42.5 Å². The number of Topliss-reactive ketones (excluding diaryl/α,β-unsaturated/α-hetero) is 1. The number of aryl methyl sites for hydroxylation is 1. The molecule has 1 aliphatic heterocycles. The average Bonchev–Trinajstić information content (AvgIpc) is 2.75. The standard InChI is InChI=1S/C25H34N2O3S2/c1-5-6-14-24(28)22-16-21-13-10-15-26(18-20-11-8-7-9-12-20)25(21)23(17-22)27(31-19(2)3)32(4,29)30/h7-9,11-12,16-17,19H,5-6,10,13-15,18H2,1-4H3. The number of carbonyl (C=O) groups is 1. The number of carbonyl (C=O) groups excluding carboxylic acids is 1. The Bertz CT molecular complexity index is 1040. The number of nitrogens with zero attached hydrogens (tertiary/aromatic N) is 2. The molecule has 2 aromatic carbocycles. The van der Waals surface area contributed by atoms with Crippen molar-refractivity contribution in [1.29, 1.82) is 0 Å². The van der Waals surface area contributed by atoms with Gasteiger partial charge in [0.25, 0.3) is 0 Å². The quantitative estimate of drug-likeness (QED) is 0.320. The van der Waals surface area contributed by atoms with Crippen molar-refractivity contribution in [2.24, 2.45) is 0 Å². The molecule has 1 aliphatic rings. The first-order valence-electron chi connectivity index (χ1n) is 11.4. The lowest BCUT2D eigenvalue weighted by atomic mass is 9.94. The summed E-state index contributed by atoms with van der Waals surface area (Å²) in [6.45, 7) is 7.58. The van der Waals surface area contributed by atoms with Gasteiger partial charge in [-0.2, -0.15) is 0 Å². The molecule has 174 valence electrons. The van der Waals surface area contributed by atoms with E-state index in [0.29, 0.717) is 24.2 Å². The Morgan fingerprint density at radius 3 is 2.53 bits per heavy atom. The molecule has 0 saturated heterocycles. The fourth-order valence-electron chi connectivity index (χ4n) is 4.05. The molecule has 0 bridgehead atoms. The molecule has 2 aromatic rings. The van der Waals surface area contributed by atoms with Crippen LogP contribution < -0.4 is 8.61 Å². The molecule has 0 atom stereocenters. The molecular weight excluding hydrogens is 440 g/mol. The molecular formula is C25H34N2O3S2. The normalized spacial score (nSPS) is 13.8. The van der Waals surface area contributed by atoms with E-state index in [0.717, 1.165) is 43.5 Å². The van der Waals surface area contributed by atoms with Crippen LogP contribution in [0.5, 0.6) is 0 Å². The minimum Gasteiger partial charge on any atom is -0.365 e. The molecule has 5 nitrogen and oxygen atoms in total. The van der Waals surface area contributed by atoms with Gasteiger partial charge in [-0.3, -0.25) is 4.79 Å². The monoisotopic (exact) mass is 474 g/mol. The van der Waals surface area contributed by atoms with E-state index in [-0.39, 0.29) is 11.0 Å². The van der Waals surface area contributed by atoms with Crippen LogP contribution in [0.1, 0.15) is 67.9 Å². The first kappa shape index (κ1) is 24.6. The Labute approximate surface area is 197 Å². The zero-order chi connectivity index (χ0) is 23.3. The van der Waals surface area contributed by atoms with Crippen LogP contribution in [-0.4, -0.2) is 32.3 Å². The lowest BCUT2D eigenvalue weighted by Crippen LogP contribution is -2.33. The maximum atomic E-state index is 12.9. The molecule has 0 aliphatic carbocycles. The number of hydrogen-bond acceptors (Lipinski definition) is 5. The van der Waals surface area contributed by atoms with Gasteiger partial charge in [0.15, 0.2) is 5.78 Å². The molecule has 0 unspecified atom stereocenters. The summed E-state index contributed by atoms with van der Waals surface area (Å²) < 4.78 is 27.2. The van der Waals surface area contributed by atoms with Gasteiger partial charge in [-0.25, -0.2) is 12.1 Å². The molecule has 1 heterocycles. The summed E-state index contributed by atoms with van der Waals surface area (Å²) in [5.41, 5.74) is 4.40. The highest BCUT2D eigenvalue weighted by Crippen LogP contribution is 2.43. The van der Waals surface area contributed by atoms with E-state index in [1.165, 1.54) is 27.5 Å². The van der Waals surface area contributed by atoms with Crippen LogP contribution in [0.2, 0.25) is 0 Å². The van der Waals surface area contributed by atoms with Gasteiger partial charge < -0.3 is 4.90 Å². The van der Waals surface area contributed by atoms with Gasteiger partial charge in [0.1, 0.15) is 0 Å². The van der Waals surface area contributed by atoms with Crippen molar-refractivity contribution in [3.8, 4) is 0 Å². The van der Waals surface area contributed by atoms with Gasteiger partial charge in [0.2, 0.25) is 10.0 Å². The Kier molecular flexibility index (Phi) is 8.28. The fourth-order valence-corrected chi connectivity index (χ4v) is 6.33. The van der Waals surface area contributed by atoms with E-state index in [1.54, 1.807) is 6.07 Å². The van der Waals surface area contributed by atoms with E-state index in [4.69, 9.17) is 0 Å². The molecule has 0 spiro atoms. The smallest absolute Gasteiger partial charge is 0.241 e. The van der Waals surface area contributed by atoms with Crippen LogP contribution in [0, 0.1) is 0 Å². The summed E-state index contributed by atoms with van der Waals surface area (Å²) in [5.74, 6) is 0.0825. The highest BCUT2D eigenvalue weighted by atomic mass is 32.3. The molecule has 0 radical (unpaired) electrons. The predicted octanol–water partition coefficient (Wildman–Crippen LogP) is 5.83. The van der Waals surface area contributed by atoms with Crippen molar-refractivity contribution in [1.82, 2.24) is 0 Å². The zero-order valence-electron chi connectivity index (χ0n) is 19.5. The van der Waals surface area contributed by atoms with E-state index < -0.39 is 10.0 Å². The Hall–Kier alpha value is -1.99. The maximum Gasteiger partial charge on any atom is 0.241 e. The largest absolute Gasteiger partial charge is 0.365 e. The van der Waals surface area contributed by atoms with Gasteiger partial charge in [-0.05, 0) is 54.5 Å². The summed E-state index contributed by atoms with van der Waals surface area (Å²) in [5, 5.41) is 0.0750. The number of unbranched alkanes of at least 4 members (excludes halogenated alkanes) is 1. The van der Waals surface area contributed by atoms with Crippen molar-refractivity contribution in [2.75, 3.05) is 21.4 Å². The van der Waals surface area contributed by atoms with E-state index >= 15 is 0 Å². The minimum atomic E-state index is -3.54. The third kappa shape index (κ3) is 6.07. The van der Waals surface area contributed by atoms with E-state index in [1.807, 2.05) is 38.1 Å². The Balaban J connectivity index is 2.15. The lowest BCUT2D eigenvalue weighted by Gasteiger charge is -2.36. The average molecular weight is 475 g/mol. The second-order valence-corrected chi connectivity index (χ2v) is 12.3. The molecule has 3 rings (SSSR count). The van der Waals surface area contributed by atoms with Gasteiger partial charge in [0.05, 0.1) is 17.6 Å². The highest BCUT2D eigenvalue weighted by molar-refractivity contribution is 8.14. The van der Waals surface area contributed by atoms with E-state index in [2.05, 4.69) is 24.0 Å². The lowest BCUT2D eigenvalue weighted by molar-refractivity contribution is 0.0979. The predicted molar refractivity (Wildman–Crippen MR) is 136 cm³/mol. The minimum absolute atomic E-state index is 0.0750. The summed E-state index contributed by atoms with van der Waals surface area (Å²) >= 11 is 1.29. The molecule has 7 heteroatoms. The van der Waals surface area contributed by atoms with E-state index in [9.17, 15) is 13.2 Å². The van der Waals surface area contributed by atoms with Gasteiger partial charge >= 0.3 is 0 Å². The van der Waals surface area contributed by atoms with Crippen LogP contribution in [0.3, 0.4) is 0 Å². The fraction of sp³-hybridized carbons (Fsp3) is 0.480. The second-order valence-electron chi connectivity index (χ2n) is 8.68. The van der Waals surface area contributed by atoms with Crippen LogP contribution in [-0.2, 0) is 23.0 Å². The summed E-state index contributed by atoms with van der Waals surface area (Å²) in [4.78, 5) is 15.2. The summed E-state index contributed by atoms with van der Waals surface area (Å²) in [7, 11) is -3.54. The first-order chi connectivity index (χ1) is 15.2. The molecule has 0 N–H and O–H groups in total. The molecule has 0 aromatic heterocycles. The number of ketones is 1. The number of fused-ring (bicyclic) bond motifs is 1. The summed E-state index contributed by atoms with van der Waals surface area (Å²) in [6.07, 6.45) is 5.33. The topological polar surface area (TPSA) is 57.7 Å². The number of hydrogen-bond donors (Lipinski definition) is 0. The first-order valence-corrected chi connectivity index (χ1v) is 14.0. The van der Waals surface area contributed by atoms with Crippen molar-refractivity contribution >= 4 is 39.1 Å². The molecule has 32 heavy (non-hydrogen) atoms. The van der Waals surface area contributed by atoms with Gasteiger partial charge in [-0.15, -0.1) is 0 Å². The van der Waals surface area contributed by atoms with Crippen molar-refractivity contribution in [3.63, 3.8) is 0 Å². The number of anilines is 2. The molecule has 0 fully saturated rings. The molecule has 0 amide bonds. The zero-order valence-corrected chi connectivity index (χ0v) is 21.1. The number of sulfonamides is 1.